The molecule has 0 atom stereocenters. The van der Waals surface area contributed by atoms with Crippen LogP contribution in [0, 0.1) is 0 Å². The molecule has 0 heterocycles. The first-order valence-corrected chi connectivity index (χ1v) is 7.85. The fraction of sp³-hybridized carbons (Fsp3) is 0.625. The second-order valence-electron chi connectivity index (χ2n) is 4.80. The maximum atomic E-state index is 3.79. The van der Waals surface area contributed by atoms with Crippen LogP contribution in [0.15, 0.2) is 22.7 Å². The number of hydrogen-bond donors (Lipinski definition) is 0. The lowest BCUT2D eigenvalue weighted by Crippen LogP contribution is -1.93. The Bertz CT molecular complexity index is 289. The average molecular weight is 297 g/mol. The molecular formula is C16H25Br. The lowest BCUT2D eigenvalue weighted by molar-refractivity contribution is 0.706. The maximum absolute atomic E-state index is 3.79. The van der Waals surface area contributed by atoms with Gasteiger partial charge in [-0.2, -0.15) is 0 Å². The van der Waals surface area contributed by atoms with Gasteiger partial charge >= 0.3 is 0 Å². The molecule has 0 spiro atoms. The third kappa shape index (κ3) is 5.25. The van der Waals surface area contributed by atoms with Crippen LogP contribution < -0.4 is 0 Å². The molecule has 1 aromatic rings. The van der Waals surface area contributed by atoms with E-state index in [1.54, 1.807) is 0 Å². The molecule has 0 fully saturated rings. The van der Waals surface area contributed by atoms with Gasteiger partial charge in [0.2, 0.25) is 0 Å². The molecule has 0 unspecified atom stereocenters. The van der Waals surface area contributed by atoms with Gasteiger partial charge in [-0.05, 0) is 36.8 Å². The van der Waals surface area contributed by atoms with Crippen molar-refractivity contribution in [2.24, 2.45) is 0 Å². The van der Waals surface area contributed by atoms with Crippen molar-refractivity contribution in [3.05, 3.63) is 33.8 Å². The second-order valence-corrected chi connectivity index (χ2v) is 5.60. The predicted molar refractivity (Wildman–Crippen MR) is 80.6 cm³/mol. The van der Waals surface area contributed by atoms with Crippen molar-refractivity contribution in [1.29, 1.82) is 0 Å². The van der Waals surface area contributed by atoms with E-state index in [-0.39, 0.29) is 0 Å². The van der Waals surface area contributed by atoms with Crippen LogP contribution in [0.25, 0.3) is 0 Å². The van der Waals surface area contributed by atoms with Crippen LogP contribution in [0.4, 0.5) is 0 Å². The van der Waals surface area contributed by atoms with Gasteiger partial charge in [0.1, 0.15) is 0 Å². The quantitative estimate of drug-likeness (QED) is 0.523. The first kappa shape index (κ1) is 14.8. The van der Waals surface area contributed by atoms with Gasteiger partial charge in [-0.15, -0.1) is 0 Å². The maximum Gasteiger partial charge on any atom is 0.0239 e. The Kier molecular flexibility index (Phi) is 7.59. The van der Waals surface area contributed by atoms with Crippen molar-refractivity contribution in [1.82, 2.24) is 0 Å². The summed E-state index contributed by atoms with van der Waals surface area (Å²) in [5, 5.41) is 0. The van der Waals surface area contributed by atoms with Crippen molar-refractivity contribution < 1.29 is 0 Å². The number of hydrogen-bond acceptors (Lipinski definition) is 0. The van der Waals surface area contributed by atoms with Gasteiger partial charge in [-0.3, -0.25) is 0 Å². The summed E-state index contributed by atoms with van der Waals surface area (Å²) in [6.07, 6.45) is 10.3. The van der Waals surface area contributed by atoms with Gasteiger partial charge in [0.05, 0.1) is 0 Å². The zero-order chi connectivity index (χ0) is 12.5. The summed E-state index contributed by atoms with van der Waals surface area (Å²) in [7, 11) is 0. The molecule has 0 radical (unpaired) electrons. The lowest BCUT2D eigenvalue weighted by atomic mass is 10.0. The molecule has 0 saturated carbocycles. The van der Waals surface area contributed by atoms with Crippen molar-refractivity contribution >= 4 is 15.9 Å². The minimum atomic E-state index is 1.22. The van der Waals surface area contributed by atoms with E-state index in [1.165, 1.54) is 67.0 Å². The lowest BCUT2D eigenvalue weighted by Gasteiger charge is -2.09. The highest BCUT2D eigenvalue weighted by atomic mass is 79.9. The van der Waals surface area contributed by atoms with Crippen molar-refractivity contribution in [2.75, 3.05) is 0 Å². The first-order chi connectivity index (χ1) is 8.29. The molecule has 1 aromatic carbocycles. The molecule has 0 amide bonds. The van der Waals surface area contributed by atoms with Crippen LogP contribution >= 0.6 is 15.9 Å². The van der Waals surface area contributed by atoms with Crippen LogP contribution in [-0.2, 0) is 12.8 Å². The Morgan fingerprint density at radius 1 is 0.824 bits per heavy atom. The van der Waals surface area contributed by atoms with E-state index in [0.717, 1.165) is 0 Å². The zero-order valence-electron chi connectivity index (χ0n) is 11.3. The molecule has 0 N–H and O–H groups in total. The number of aryl methyl sites for hydroxylation is 2. The fourth-order valence-corrected chi connectivity index (χ4v) is 2.81. The third-order valence-electron chi connectivity index (χ3n) is 3.26. The van der Waals surface area contributed by atoms with Gasteiger partial charge < -0.3 is 0 Å². The number of unbranched alkanes of at least 4 members (excludes halogenated alkanes) is 4. The molecule has 0 bridgehead atoms. The summed E-state index contributed by atoms with van der Waals surface area (Å²) in [5.74, 6) is 0. The van der Waals surface area contributed by atoms with Gasteiger partial charge in [0.25, 0.3) is 0 Å². The van der Waals surface area contributed by atoms with Crippen molar-refractivity contribution in [3.8, 4) is 0 Å². The molecule has 0 aliphatic carbocycles. The zero-order valence-corrected chi connectivity index (χ0v) is 12.9. The van der Waals surface area contributed by atoms with Crippen molar-refractivity contribution in [3.63, 3.8) is 0 Å². The highest BCUT2D eigenvalue weighted by molar-refractivity contribution is 9.10. The third-order valence-corrected chi connectivity index (χ3v) is 4.28. The van der Waals surface area contributed by atoms with Gasteiger partial charge in [-0.1, -0.05) is 73.7 Å². The highest BCUT2D eigenvalue weighted by Crippen LogP contribution is 2.25. The Hall–Kier alpha value is -0.300. The molecule has 0 nitrogen and oxygen atoms in total. The molecule has 96 valence electrons. The second kappa shape index (κ2) is 8.74. The summed E-state index contributed by atoms with van der Waals surface area (Å²) in [4.78, 5) is 0. The number of rotatable bonds is 8. The molecule has 1 heteroatoms. The highest BCUT2D eigenvalue weighted by Gasteiger charge is 2.05. The smallest absolute Gasteiger partial charge is 0.0239 e. The van der Waals surface area contributed by atoms with E-state index in [4.69, 9.17) is 0 Å². The molecule has 0 aliphatic heterocycles. The SMILES string of the molecule is CCCCCc1cccc(CCCCC)c1Br. The Morgan fingerprint density at radius 2 is 1.29 bits per heavy atom. The largest absolute Gasteiger partial charge is 0.0654 e. The summed E-state index contributed by atoms with van der Waals surface area (Å²) in [6.45, 7) is 4.52. The summed E-state index contributed by atoms with van der Waals surface area (Å²) < 4.78 is 1.37. The number of halogens is 1. The van der Waals surface area contributed by atoms with Gasteiger partial charge in [0, 0.05) is 4.47 Å². The van der Waals surface area contributed by atoms with Crippen molar-refractivity contribution in [2.45, 2.75) is 65.2 Å². The minimum Gasteiger partial charge on any atom is -0.0654 e. The van der Waals surface area contributed by atoms with E-state index in [9.17, 15) is 0 Å². The molecular weight excluding hydrogens is 272 g/mol. The normalized spacial score (nSPS) is 10.8. The van der Waals surface area contributed by atoms with Gasteiger partial charge in [0.15, 0.2) is 0 Å². The fourth-order valence-electron chi connectivity index (χ4n) is 2.15. The van der Waals surface area contributed by atoms with E-state index in [1.807, 2.05) is 0 Å². The summed E-state index contributed by atoms with van der Waals surface area (Å²) in [5.41, 5.74) is 2.99. The van der Waals surface area contributed by atoms with E-state index in [2.05, 4.69) is 48.0 Å². The molecule has 17 heavy (non-hydrogen) atoms. The van der Waals surface area contributed by atoms with Crippen LogP contribution in [-0.4, -0.2) is 0 Å². The summed E-state index contributed by atoms with van der Waals surface area (Å²) >= 11 is 3.79. The van der Waals surface area contributed by atoms with Gasteiger partial charge in [-0.25, -0.2) is 0 Å². The Balaban J connectivity index is 2.56. The molecule has 1 rings (SSSR count). The average Bonchev–Trinajstić information content (AvgIpc) is 2.34. The van der Waals surface area contributed by atoms with E-state index < -0.39 is 0 Å². The topological polar surface area (TPSA) is 0 Å². The Labute approximate surface area is 115 Å². The monoisotopic (exact) mass is 296 g/mol. The van der Waals surface area contributed by atoms with E-state index in [0.29, 0.717) is 0 Å². The summed E-state index contributed by atoms with van der Waals surface area (Å²) in [6, 6.07) is 6.75. The molecule has 0 saturated heterocycles. The van der Waals surface area contributed by atoms with Crippen LogP contribution in [0.3, 0.4) is 0 Å². The van der Waals surface area contributed by atoms with Crippen LogP contribution in [0.5, 0.6) is 0 Å². The standard InChI is InChI=1S/C16H25Br/c1-3-5-7-10-14-12-9-13-15(16(14)17)11-8-6-4-2/h9,12-13H,3-8,10-11H2,1-2H3. The predicted octanol–water partition coefficient (Wildman–Crippen LogP) is 5.91. The van der Waals surface area contributed by atoms with Crippen LogP contribution in [0.2, 0.25) is 0 Å². The van der Waals surface area contributed by atoms with Crippen LogP contribution in [0.1, 0.15) is 63.5 Å². The molecule has 0 aromatic heterocycles. The molecule has 0 aliphatic rings. The first-order valence-electron chi connectivity index (χ1n) is 7.05. The minimum absolute atomic E-state index is 1.22. The Morgan fingerprint density at radius 3 is 1.71 bits per heavy atom. The number of benzene rings is 1. The van der Waals surface area contributed by atoms with E-state index >= 15 is 0 Å².